The first-order valence-electron chi connectivity index (χ1n) is 6.01. The van der Waals surface area contributed by atoms with E-state index in [0.717, 1.165) is 6.42 Å². The molecule has 0 saturated carbocycles. The van der Waals surface area contributed by atoms with Gasteiger partial charge in [-0.25, -0.2) is 4.79 Å². The van der Waals surface area contributed by atoms with Crippen molar-refractivity contribution in [1.82, 2.24) is 5.32 Å². The summed E-state index contributed by atoms with van der Waals surface area (Å²) in [5.41, 5.74) is 7.77. The summed E-state index contributed by atoms with van der Waals surface area (Å²) in [4.78, 5) is 14.2. The van der Waals surface area contributed by atoms with Gasteiger partial charge in [-0.3, -0.25) is 0 Å². The van der Waals surface area contributed by atoms with Gasteiger partial charge in [0.25, 0.3) is 0 Å². The Morgan fingerprint density at radius 3 is 2.94 bits per heavy atom. The molecule has 0 aliphatic carbocycles. The fourth-order valence-electron chi connectivity index (χ4n) is 1.77. The molecule has 1 amide bonds. The van der Waals surface area contributed by atoms with E-state index in [9.17, 15) is 4.79 Å². The Morgan fingerprint density at radius 2 is 2.33 bits per heavy atom. The fraction of sp³-hybridized carbons (Fsp3) is 0.909. The summed E-state index contributed by atoms with van der Waals surface area (Å²) in [6.07, 6.45) is 0.300. The van der Waals surface area contributed by atoms with Crippen molar-refractivity contribution in [3.05, 3.63) is 10.4 Å². The molecule has 0 spiro atoms. The number of nitrogens with zero attached hydrogens (tertiary/aromatic N) is 3. The Morgan fingerprint density at radius 1 is 1.61 bits per heavy atom. The highest BCUT2D eigenvalue weighted by atomic mass is 16.6. The maximum Gasteiger partial charge on any atom is 0.407 e. The van der Waals surface area contributed by atoms with Gasteiger partial charge in [0.05, 0.1) is 12.6 Å². The summed E-state index contributed by atoms with van der Waals surface area (Å²) in [5.74, 6) is 0.169. The third-order valence-electron chi connectivity index (χ3n) is 2.58. The average molecular weight is 256 g/mol. The number of azide groups is 1. The van der Waals surface area contributed by atoms with Gasteiger partial charge in [0.1, 0.15) is 5.60 Å². The lowest BCUT2D eigenvalue weighted by molar-refractivity contribution is 0.0501. The third kappa shape index (κ3) is 5.25. The van der Waals surface area contributed by atoms with Crippen molar-refractivity contribution in [3.8, 4) is 0 Å². The summed E-state index contributed by atoms with van der Waals surface area (Å²) < 4.78 is 10.6. The van der Waals surface area contributed by atoms with Crippen LogP contribution in [-0.4, -0.2) is 37.5 Å². The number of nitrogens with one attached hydrogen (secondary N) is 1. The fourth-order valence-corrected chi connectivity index (χ4v) is 1.77. The number of hydrogen-bond acceptors (Lipinski definition) is 4. The summed E-state index contributed by atoms with van der Waals surface area (Å²) in [5, 5.41) is 6.21. The van der Waals surface area contributed by atoms with Gasteiger partial charge in [-0.15, -0.1) is 0 Å². The first-order chi connectivity index (χ1) is 8.42. The standard InChI is InChI=1S/C11H20N4O3/c1-11(2,3)18-10(16)13-6-8-4-5-17-9(8)7-14-15-12/h8-9H,4-7H2,1-3H3,(H,13,16)/t8-,9-/m1/s1. The number of alkyl carbamates (subject to hydrolysis) is 1. The highest BCUT2D eigenvalue weighted by Crippen LogP contribution is 2.20. The summed E-state index contributed by atoms with van der Waals surface area (Å²) >= 11 is 0. The van der Waals surface area contributed by atoms with E-state index in [1.54, 1.807) is 0 Å². The van der Waals surface area contributed by atoms with Crippen LogP contribution < -0.4 is 5.32 Å². The first-order valence-corrected chi connectivity index (χ1v) is 6.01. The minimum absolute atomic E-state index is 0.115. The van der Waals surface area contributed by atoms with Crippen LogP contribution in [0.2, 0.25) is 0 Å². The molecular weight excluding hydrogens is 236 g/mol. The predicted molar refractivity (Wildman–Crippen MR) is 66.1 cm³/mol. The van der Waals surface area contributed by atoms with E-state index >= 15 is 0 Å². The Kier molecular flexibility index (Phi) is 5.25. The number of ether oxygens (including phenoxy) is 2. The van der Waals surface area contributed by atoms with Crippen LogP contribution >= 0.6 is 0 Å². The Labute approximate surface area is 106 Å². The van der Waals surface area contributed by atoms with Crippen LogP contribution in [0.1, 0.15) is 27.2 Å². The lowest BCUT2D eigenvalue weighted by atomic mass is 10.0. The van der Waals surface area contributed by atoms with Gasteiger partial charge in [-0.1, -0.05) is 5.11 Å². The van der Waals surface area contributed by atoms with Crippen LogP contribution in [0.4, 0.5) is 4.79 Å². The van der Waals surface area contributed by atoms with E-state index in [0.29, 0.717) is 19.7 Å². The predicted octanol–water partition coefficient (Wildman–Crippen LogP) is 2.23. The molecule has 1 fully saturated rings. The molecule has 1 aliphatic rings. The smallest absolute Gasteiger partial charge is 0.407 e. The van der Waals surface area contributed by atoms with Crippen LogP contribution in [0.3, 0.4) is 0 Å². The van der Waals surface area contributed by atoms with Gasteiger partial charge in [-0.2, -0.15) is 0 Å². The molecule has 0 aromatic carbocycles. The minimum Gasteiger partial charge on any atom is -0.444 e. The van der Waals surface area contributed by atoms with E-state index in [1.165, 1.54) is 0 Å². The topological polar surface area (TPSA) is 96.3 Å². The first kappa shape index (κ1) is 14.6. The zero-order valence-electron chi connectivity index (χ0n) is 11.0. The highest BCUT2D eigenvalue weighted by Gasteiger charge is 2.28. The van der Waals surface area contributed by atoms with Crippen molar-refractivity contribution in [1.29, 1.82) is 0 Å². The molecule has 1 N–H and O–H groups in total. The minimum atomic E-state index is -0.499. The Bertz CT molecular complexity index is 334. The maximum atomic E-state index is 11.5. The highest BCUT2D eigenvalue weighted by molar-refractivity contribution is 5.67. The number of amides is 1. The number of hydrogen-bond donors (Lipinski definition) is 1. The second-order valence-electron chi connectivity index (χ2n) is 5.25. The van der Waals surface area contributed by atoms with Crippen molar-refractivity contribution < 1.29 is 14.3 Å². The zero-order chi connectivity index (χ0) is 13.6. The monoisotopic (exact) mass is 256 g/mol. The maximum absolute atomic E-state index is 11.5. The van der Waals surface area contributed by atoms with E-state index in [1.807, 2.05) is 20.8 Å². The molecule has 7 heteroatoms. The quantitative estimate of drug-likeness (QED) is 0.474. The van der Waals surface area contributed by atoms with Crippen LogP contribution in [0.15, 0.2) is 5.11 Å². The molecule has 0 radical (unpaired) electrons. The van der Waals surface area contributed by atoms with E-state index < -0.39 is 11.7 Å². The van der Waals surface area contributed by atoms with Crippen molar-refractivity contribution in [2.75, 3.05) is 19.7 Å². The van der Waals surface area contributed by atoms with Crippen molar-refractivity contribution in [2.24, 2.45) is 11.0 Å². The molecule has 7 nitrogen and oxygen atoms in total. The summed E-state index contributed by atoms with van der Waals surface area (Å²) in [6, 6.07) is 0. The van der Waals surface area contributed by atoms with Crippen LogP contribution in [0.5, 0.6) is 0 Å². The van der Waals surface area contributed by atoms with Gasteiger partial charge >= 0.3 is 6.09 Å². The molecular formula is C11H20N4O3. The molecule has 1 aliphatic heterocycles. The van der Waals surface area contributed by atoms with Gasteiger partial charge in [-0.05, 0) is 32.7 Å². The largest absolute Gasteiger partial charge is 0.444 e. The van der Waals surface area contributed by atoms with Crippen molar-refractivity contribution in [3.63, 3.8) is 0 Å². The second kappa shape index (κ2) is 6.47. The molecule has 102 valence electrons. The van der Waals surface area contributed by atoms with E-state index in [2.05, 4.69) is 15.3 Å². The zero-order valence-corrected chi connectivity index (χ0v) is 11.0. The Balaban J connectivity index is 2.33. The van der Waals surface area contributed by atoms with Gasteiger partial charge < -0.3 is 14.8 Å². The van der Waals surface area contributed by atoms with Crippen LogP contribution in [-0.2, 0) is 9.47 Å². The lowest BCUT2D eigenvalue weighted by Crippen LogP contribution is -2.37. The average Bonchev–Trinajstić information content (AvgIpc) is 2.68. The second-order valence-corrected chi connectivity index (χ2v) is 5.25. The molecule has 0 unspecified atom stereocenters. The normalized spacial score (nSPS) is 23.3. The SMILES string of the molecule is CC(C)(C)OC(=O)NC[C@H]1CCO[C@@H]1CN=[N+]=[N-]. The van der Waals surface area contributed by atoms with Gasteiger partial charge in [0.15, 0.2) is 0 Å². The number of carbonyl (C=O) groups is 1. The molecule has 2 atom stereocenters. The van der Waals surface area contributed by atoms with Gasteiger partial charge in [0, 0.05) is 24.0 Å². The molecule has 1 saturated heterocycles. The third-order valence-corrected chi connectivity index (χ3v) is 2.58. The van der Waals surface area contributed by atoms with E-state index in [-0.39, 0.29) is 12.0 Å². The van der Waals surface area contributed by atoms with Crippen molar-refractivity contribution in [2.45, 2.75) is 38.9 Å². The van der Waals surface area contributed by atoms with E-state index in [4.69, 9.17) is 15.0 Å². The lowest BCUT2D eigenvalue weighted by Gasteiger charge is -2.21. The van der Waals surface area contributed by atoms with Crippen LogP contribution in [0.25, 0.3) is 10.4 Å². The molecule has 0 aromatic rings. The van der Waals surface area contributed by atoms with Gasteiger partial charge in [0.2, 0.25) is 0 Å². The molecule has 18 heavy (non-hydrogen) atoms. The molecule has 0 aromatic heterocycles. The molecule has 1 rings (SSSR count). The summed E-state index contributed by atoms with van der Waals surface area (Å²) in [6.45, 7) is 6.85. The molecule has 0 bridgehead atoms. The molecule has 1 heterocycles. The number of rotatable bonds is 4. The Hall–Kier alpha value is -1.46. The van der Waals surface area contributed by atoms with Crippen LogP contribution in [0, 0.1) is 5.92 Å². The van der Waals surface area contributed by atoms with Crippen molar-refractivity contribution >= 4 is 6.09 Å². The number of carbonyl (C=O) groups excluding carboxylic acids is 1. The summed E-state index contributed by atoms with van der Waals surface area (Å²) in [7, 11) is 0.